The van der Waals surface area contributed by atoms with Crippen LogP contribution in [0.25, 0.3) is 5.65 Å². The summed E-state index contributed by atoms with van der Waals surface area (Å²) in [7, 11) is 0. The van der Waals surface area contributed by atoms with Crippen molar-refractivity contribution in [3.8, 4) is 0 Å². The van der Waals surface area contributed by atoms with Gasteiger partial charge in [-0.05, 0) is 25.5 Å². The van der Waals surface area contributed by atoms with E-state index in [2.05, 4.69) is 10.3 Å². The molecule has 6 heteroatoms. The zero-order valence-corrected chi connectivity index (χ0v) is 11.7. The summed E-state index contributed by atoms with van der Waals surface area (Å²) in [6.07, 6.45) is 1.83. The van der Waals surface area contributed by atoms with E-state index in [9.17, 15) is 4.79 Å². The molecule has 108 valence electrons. The van der Waals surface area contributed by atoms with Gasteiger partial charge in [-0.25, -0.2) is 4.98 Å². The maximum atomic E-state index is 12.2. The summed E-state index contributed by atoms with van der Waals surface area (Å²) >= 11 is 0. The number of aryl methyl sites for hydroxylation is 2. The van der Waals surface area contributed by atoms with Crippen LogP contribution in [-0.4, -0.2) is 46.8 Å². The molecular formula is C14H19N3O3. The number of aliphatic hydroxyl groups is 1. The van der Waals surface area contributed by atoms with Crippen molar-refractivity contribution in [3.05, 3.63) is 35.3 Å². The second kappa shape index (κ2) is 6.49. The van der Waals surface area contributed by atoms with Gasteiger partial charge in [-0.15, -0.1) is 0 Å². The van der Waals surface area contributed by atoms with Gasteiger partial charge in [0, 0.05) is 12.7 Å². The maximum absolute atomic E-state index is 12.2. The summed E-state index contributed by atoms with van der Waals surface area (Å²) in [6.45, 7) is 4.83. The van der Waals surface area contributed by atoms with Gasteiger partial charge in [0.25, 0.3) is 5.91 Å². The Bertz CT molecular complexity index is 607. The van der Waals surface area contributed by atoms with Gasteiger partial charge in [-0.3, -0.25) is 9.20 Å². The van der Waals surface area contributed by atoms with Crippen molar-refractivity contribution in [2.24, 2.45) is 0 Å². The molecule has 2 aromatic heterocycles. The molecule has 0 radical (unpaired) electrons. The number of fused-ring (bicyclic) bond motifs is 1. The average Bonchev–Trinajstić information content (AvgIpc) is 2.76. The number of nitrogens with one attached hydrogen (secondary N) is 1. The Balaban J connectivity index is 2.10. The molecule has 0 unspecified atom stereocenters. The topological polar surface area (TPSA) is 75.9 Å². The highest BCUT2D eigenvalue weighted by Gasteiger charge is 2.16. The van der Waals surface area contributed by atoms with Crippen LogP contribution < -0.4 is 5.32 Å². The molecule has 20 heavy (non-hydrogen) atoms. The fourth-order valence-corrected chi connectivity index (χ4v) is 2.08. The largest absolute Gasteiger partial charge is 0.394 e. The van der Waals surface area contributed by atoms with Gasteiger partial charge in [0.15, 0.2) is 0 Å². The normalized spacial score (nSPS) is 10.9. The van der Waals surface area contributed by atoms with Crippen LogP contribution in [0.5, 0.6) is 0 Å². The predicted octanol–water partition coefficient (Wildman–Crippen LogP) is 0.690. The number of carbonyl (C=O) groups excluding carboxylic acids is 1. The number of rotatable bonds is 6. The second-order valence-electron chi connectivity index (χ2n) is 4.52. The molecule has 0 atom stereocenters. The van der Waals surface area contributed by atoms with Gasteiger partial charge in [0.1, 0.15) is 11.3 Å². The molecule has 2 heterocycles. The molecule has 6 nitrogen and oxygen atoms in total. The first kappa shape index (κ1) is 14.5. The van der Waals surface area contributed by atoms with Crippen LogP contribution in [-0.2, 0) is 4.74 Å². The Hall–Kier alpha value is -1.92. The average molecular weight is 277 g/mol. The second-order valence-corrected chi connectivity index (χ2v) is 4.52. The Morgan fingerprint density at radius 3 is 3.00 bits per heavy atom. The Kier molecular flexibility index (Phi) is 4.70. The van der Waals surface area contributed by atoms with Crippen molar-refractivity contribution in [1.29, 1.82) is 0 Å². The third kappa shape index (κ3) is 2.97. The van der Waals surface area contributed by atoms with E-state index in [0.717, 1.165) is 11.2 Å². The Morgan fingerprint density at radius 1 is 1.45 bits per heavy atom. The number of hydrogen-bond acceptors (Lipinski definition) is 4. The van der Waals surface area contributed by atoms with E-state index in [0.29, 0.717) is 24.5 Å². The van der Waals surface area contributed by atoms with Crippen molar-refractivity contribution < 1.29 is 14.6 Å². The first-order valence-electron chi connectivity index (χ1n) is 6.56. The van der Waals surface area contributed by atoms with Crippen molar-refractivity contribution in [2.75, 3.05) is 26.4 Å². The number of imidazole rings is 1. The lowest BCUT2D eigenvalue weighted by Crippen LogP contribution is -2.29. The van der Waals surface area contributed by atoms with E-state index in [4.69, 9.17) is 9.84 Å². The van der Waals surface area contributed by atoms with Gasteiger partial charge in [-0.2, -0.15) is 0 Å². The first-order chi connectivity index (χ1) is 9.65. The van der Waals surface area contributed by atoms with Crippen LogP contribution >= 0.6 is 0 Å². The highest BCUT2D eigenvalue weighted by Crippen LogP contribution is 2.14. The summed E-state index contributed by atoms with van der Waals surface area (Å²) in [4.78, 5) is 16.6. The third-order valence-electron chi connectivity index (χ3n) is 3.00. The van der Waals surface area contributed by atoms with Gasteiger partial charge in [0.05, 0.1) is 25.5 Å². The van der Waals surface area contributed by atoms with E-state index in [1.807, 2.05) is 32.2 Å². The quantitative estimate of drug-likeness (QED) is 0.762. The number of hydrogen-bond donors (Lipinski definition) is 2. The molecular weight excluding hydrogens is 258 g/mol. The van der Waals surface area contributed by atoms with Gasteiger partial charge < -0.3 is 15.2 Å². The lowest BCUT2D eigenvalue weighted by atomic mass is 10.3. The van der Waals surface area contributed by atoms with Gasteiger partial charge in [-0.1, -0.05) is 6.07 Å². The molecule has 2 N–H and O–H groups in total. The Morgan fingerprint density at radius 2 is 2.25 bits per heavy atom. The minimum Gasteiger partial charge on any atom is -0.394 e. The molecule has 0 spiro atoms. The smallest absolute Gasteiger partial charge is 0.270 e. The molecule has 0 bridgehead atoms. The Labute approximate surface area is 117 Å². The fourth-order valence-electron chi connectivity index (χ4n) is 2.08. The highest BCUT2D eigenvalue weighted by atomic mass is 16.5. The van der Waals surface area contributed by atoms with E-state index in [-0.39, 0.29) is 19.1 Å². The number of carbonyl (C=O) groups is 1. The number of pyridine rings is 1. The van der Waals surface area contributed by atoms with Crippen LogP contribution in [0.3, 0.4) is 0 Å². The summed E-state index contributed by atoms with van der Waals surface area (Å²) < 4.78 is 6.90. The SMILES string of the molecule is Cc1nc2c(C)cccn2c1C(=O)NCCOCCO. The lowest BCUT2D eigenvalue weighted by Gasteiger charge is -2.06. The van der Waals surface area contributed by atoms with Crippen molar-refractivity contribution in [3.63, 3.8) is 0 Å². The number of aromatic nitrogens is 2. The molecule has 0 saturated heterocycles. The number of nitrogens with zero attached hydrogens (tertiary/aromatic N) is 2. The summed E-state index contributed by atoms with van der Waals surface area (Å²) in [5.74, 6) is -0.173. The fraction of sp³-hybridized carbons (Fsp3) is 0.429. The number of aliphatic hydroxyl groups excluding tert-OH is 1. The summed E-state index contributed by atoms with van der Waals surface area (Å²) in [5.41, 5.74) is 3.08. The van der Waals surface area contributed by atoms with E-state index >= 15 is 0 Å². The van der Waals surface area contributed by atoms with Crippen LogP contribution in [0.1, 0.15) is 21.7 Å². The molecule has 0 saturated carbocycles. The van der Waals surface area contributed by atoms with Crippen LogP contribution in [0.4, 0.5) is 0 Å². The van der Waals surface area contributed by atoms with Crippen molar-refractivity contribution in [2.45, 2.75) is 13.8 Å². The van der Waals surface area contributed by atoms with Crippen LogP contribution in [0, 0.1) is 13.8 Å². The molecule has 0 aliphatic carbocycles. The maximum Gasteiger partial charge on any atom is 0.270 e. The molecule has 0 aliphatic heterocycles. The zero-order valence-electron chi connectivity index (χ0n) is 11.7. The van der Waals surface area contributed by atoms with E-state index < -0.39 is 0 Å². The molecule has 0 aliphatic rings. The minimum absolute atomic E-state index is 0.0143. The highest BCUT2D eigenvalue weighted by molar-refractivity contribution is 5.94. The summed E-state index contributed by atoms with van der Waals surface area (Å²) in [6, 6.07) is 3.86. The molecule has 0 aromatic carbocycles. The summed E-state index contributed by atoms with van der Waals surface area (Å²) in [5, 5.41) is 11.4. The first-order valence-corrected chi connectivity index (χ1v) is 6.56. The van der Waals surface area contributed by atoms with Crippen molar-refractivity contribution >= 4 is 11.6 Å². The van der Waals surface area contributed by atoms with Gasteiger partial charge in [0.2, 0.25) is 0 Å². The van der Waals surface area contributed by atoms with Crippen LogP contribution in [0.2, 0.25) is 0 Å². The van der Waals surface area contributed by atoms with E-state index in [1.165, 1.54) is 0 Å². The molecule has 0 fully saturated rings. The molecule has 2 aromatic rings. The number of amides is 1. The predicted molar refractivity (Wildman–Crippen MR) is 74.9 cm³/mol. The zero-order chi connectivity index (χ0) is 14.5. The monoisotopic (exact) mass is 277 g/mol. The molecule has 1 amide bonds. The van der Waals surface area contributed by atoms with Gasteiger partial charge >= 0.3 is 0 Å². The van der Waals surface area contributed by atoms with Crippen molar-refractivity contribution in [1.82, 2.24) is 14.7 Å². The minimum atomic E-state index is -0.173. The molecule has 2 rings (SSSR count). The standard InChI is InChI=1S/C14H19N3O3/c1-10-4-3-6-17-12(11(2)16-13(10)17)14(19)15-5-8-20-9-7-18/h3-4,6,18H,5,7-9H2,1-2H3,(H,15,19). The lowest BCUT2D eigenvalue weighted by molar-refractivity contribution is 0.0834. The third-order valence-corrected chi connectivity index (χ3v) is 3.00. The van der Waals surface area contributed by atoms with Crippen LogP contribution in [0.15, 0.2) is 18.3 Å². The van der Waals surface area contributed by atoms with E-state index in [1.54, 1.807) is 4.40 Å². The number of ether oxygens (including phenoxy) is 1.